The molecular formula is C8H15NaO16S. The van der Waals surface area contributed by atoms with Crippen LogP contribution in [0, 0.1) is 0 Å². The Morgan fingerprint density at radius 2 is 0.731 bits per heavy atom. The fraction of sp³-hybridized carbons (Fsp3) is 0.500. The summed E-state index contributed by atoms with van der Waals surface area (Å²) in [4.78, 5) is 39.1. The summed E-state index contributed by atoms with van der Waals surface area (Å²) in [6.07, 6.45) is -9.06. The molecule has 0 rings (SSSR count). The van der Waals surface area contributed by atoms with Crippen LogP contribution in [0.1, 0.15) is 1.43 Å². The number of rotatable bonds is 6. The second kappa shape index (κ2) is 14.7. The summed E-state index contributed by atoms with van der Waals surface area (Å²) >= 11 is 0. The van der Waals surface area contributed by atoms with Crippen molar-refractivity contribution in [3.05, 3.63) is 0 Å². The average Bonchev–Trinajstić information content (AvgIpc) is 2.42. The van der Waals surface area contributed by atoms with Crippen molar-refractivity contribution < 1.29 is 79.0 Å². The van der Waals surface area contributed by atoms with Crippen LogP contribution >= 0.6 is 0 Å². The Morgan fingerprint density at radius 1 is 0.654 bits per heavy atom. The number of carbonyl (C=O) groups is 4. The van der Waals surface area contributed by atoms with Crippen LogP contribution in [0.5, 0.6) is 0 Å². The molecule has 0 radical (unpaired) electrons. The first-order valence-corrected chi connectivity index (χ1v) is 6.61. The number of hydrogen-bond donors (Lipinski definition) is 9. The van der Waals surface area contributed by atoms with Crippen molar-refractivity contribution in [1.29, 1.82) is 0 Å². The second-order valence-corrected chi connectivity index (χ2v) is 4.42. The number of aliphatic hydroxyl groups is 4. The maximum atomic E-state index is 9.77. The van der Waals surface area contributed by atoms with Gasteiger partial charge in [0.05, 0.1) is 0 Å². The van der Waals surface area contributed by atoms with Crippen molar-refractivity contribution in [2.24, 2.45) is 0 Å². The minimum atomic E-state index is -4.92. The molecule has 0 aromatic heterocycles. The molecule has 18 heteroatoms. The Kier molecular flexibility index (Phi) is 18.3. The third-order valence-corrected chi connectivity index (χ3v) is 1.61. The van der Waals surface area contributed by atoms with Crippen LogP contribution in [-0.4, -0.2) is 136 Å². The van der Waals surface area contributed by atoms with Crippen LogP contribution in [0.25, 0.3) is 0 Å². The first-order valence-electron chi connectivity index (χ1n) is 5.25. The standard InChI is InChI=1S/2C4H6O6.Na.H2O4S.H/c2*5-1(3(7)8)2(6)4(9)10;;1-5(2,3)4;/h2*1-2,5-6H,(H,7,8)(H,9,10);;(H2,1,2,3,4);. The summed E-state index contributed by atoms with van der Waals surface area (Å²) in [6.45, 7) is 0. The Labute approximate surface area is 167 Å². The molecule has 26 heavy (non-hydrogen) atoms. The Morgan fingerprint density at radius 3 is 0.769 bits per heavy atom. The second-order valence-electron chi connectivity index (χ2n) is 3.56. The summed E-state index contributed by atoms with van der Waals surface area (Å²) in [7, 11) is -4.92. The molecule has 0 amide bonds. The molecule has 0 aromatic rings. The maximum absolute atomic E-state index is 9.77. The summed E-state index contributed by atoms with van der Waals surface area (Å²) < 4.78 is 32.8. The van der Waals surface area contributed by atoms with Gasteiger partial charge in [-0.3, -0.25) is 4.55 Å². The van der Waals surface area contributed by atoms with E-state index in [4.69, 9.17) is 58.4 Å². The van der Waals surface area contributed by atoms with E-state index in [-0.39, 0.29) is 31.0 Å². The predicted molar refractivity (Wildman–Crippen MR) is 75.2 cm³/mol. The van der Waals surface area contributed by atoms with Gasteiger partial charge in [-0.05, 0) is 0 Å². The summed E-state index contributed by atoms with van der Waals surface area (Å²) in [5.41, 5.74) is 0. The first kappa shape index (κ1) is 32.3. The summed E-state index contributed by atoms with van der Waals surface area (Å²) in [5.74, 6) is -7.07. The van der Waals surface area contributed by atoms with E-state index in [1.165, 1.54) is 0 Å². The van der Waals surface area contributed by atoms with Gasteiger partial charge >= 0.3 is 54.9 Å². The summed E-state index contributed by atoms with van der Waals surface area (Å²) in [5, 5.41) is 65.1. The Balaban J connectivity index is -0.0000000910. The Bertz CT molecular complexity index is 497. The van der Waals surface area contributed by atoms with Crippen molar-refractivity contribution in [2.75, 3.05) is 0 Å². The van der Waals surface area contributed by atoms with Crippen molar-refractivity contribution in [1.82, 2.24) is 0 Å². The van der Waals surface area contributed by atoms with Crippen molar-refractivity contribution in [3.8, 4) is 0 Å². The zero-order valence-corrected chi connectivity index (χ0v) is 12.4. The molecule has 0 fully saturated rings. The van der Waals surface area contributed by atoms with Crippen molar-refractivity contribution in [3.63, 3.8) is 0 Å². The number of hydrogen-bond acceptors (Lipinski definition) is 11. The van der Waals surface area contributed by atoms with Gasteiger partial charge in [-0.25, -0.2) is 27.6 Å². The third-order valence-electron chi connectivity index (χ3n) is 1.61. The van der Waals surface area contributed by atoms with E-state index < -0.39 is 58.7 Å². The fourth-order valence-corrected chi connectivity index (χ4v) is 0.540. The van der Waals surface area contributed by atoms with Crippen LogP contribution in [0.3, 0.4) is 0 Å². The van der Waals surface area contributed by atoms with E-state index in [1.54, 1.807) is 0 Å². The van der Waals surface area contributed by atoms with E-state index in [9.17, 15) is 19.2 Å². The Hall–Kier alpha value is -1.41. The number of aliphatic hydroxyl groups excluding tert-OH is 4. The molecule has 4 atom stereocenters. The van der Waals surface area contributed by atoms with E-state index >= 15 is 0 Å². The SMILES string of the molecule is O=C(O)C(O)C(O)C(=O)O.O=C(O)C(O)C(O)C(=O)O.O=S(=O)([O-])O.[H+].[NaH]. The van der Waals surface area contributed by atoms with E-state index in [1.807, 2.05) is 0 Å². The molecule has 150 valence electrons. The van der Waals surface area contributed by atoms with Gasteiger partial charge in [-0.1, -0.05) is 0 Å². The molecular weight excluding hydrogens is 407 g/mol. The molecule has 0 saturated carbocycles. The quantitative estimate of drug-likeness (QED) is 0.109. The predicted octanol–water partition coefficient (Wildman–Crippen LogP) is -5.78. The number of carboxylic acids is 4. The molecule has 9 N–H and O–H groups in total. The molecule has 0 aromatic carbocycles. The zero-order valence-electron chi connectivity index (χ0n) is 12.6. The van der Waals surface area contributed by atoms with Gasteiger partial charge in [0.1, 0.15) is 0 Å². The van der Waals surface area contributed by atoms with E-state index in [2.05, 4.69) is 0 Å². The number of carboxylic acid groups (broad SMARTS) is 4. The average molecular weight is 422 g/mol. The van der Waals surface area contributed by atoms with Crippen molar-refractivity contribution in [2.45, 2.75) is 24.4 Å². The van der Waals surface area contributed by atoms with Crippen LogP contribution in [0.15, 0.2) is 0 Å². The number of aliphatic carboxylic acids is 4. The summed E-state index contributed by atoms with van der Waals surface area (Å²) in [6, 6.07) is 0. The molecule has 0 aliphatic heterocycles. The molecule has 0 aliphatic carbocycles. The van der Waals surface area contributed by atoms with E-state index in [0.29, 0.717) is 0 Å². The first-order chi connectivity index (χ1) is 10.9. The van der Waals surface area contributed by atoms with Crippen LogP contribution in [-0.2, 0) is 29.6 Å². The molecule has 0 heterocycles. The van der Waals surface area contributed by atoms with Gasteiger partial charge in [0, 0.05) is 0 Å². The third kappa shape index (κ3) is 20.6. The van der Waals surface area contributed by atoms with Gasteiger partial charge < -0.3 is 45.4 Å². The van der Waals surface area contributed by atoms with Crippen LogP contribution < -0.4 is 0 Å². The normalized spacial score (nSPS) is 14.4. The molecule has 0 aliphatic rings. The molecule has 0 bridgehead atoms. The molecule has 0 saturated heterocycles. The van der Waals surface area contributed by atoms with Crippen LogP contribution in [0.4, 0.5) is 0 Å². The molecule has 4 unspecified atom stereocenters. The van der Waals surface area contributed by atoms with Gasteiger partial charge in [0.15, 0.2) is 24.4 Å². The minimum absolute atomic E-state index is 0. The molecule has 0 spiro atoms. The van der Waals surface area contributed by atoms with Crippen molar-refractivity contribution >= 4 is 63.8 Å². The van der Waals surface area contributed by atoms with Gasteiger partial charge in [0.25, 0.3) is 0 Å². The van der Waals surface area contributed by atoms with E-state index in [0.717, 1.165) is 0 Å². The monoisotopic (exact) mass is 422 g/mol. The topological polar surface area (TPSA) is 308 Å². The van der Waals surface area contributed by atoms with Gasteiger partial charge in [-0.2, -0.15) is 0 Å². The van der Waals surface area contributed by atoms with Crippen LogP contribution in [0.2, 0.25) is 0 Å². The van der Waals surface area contributed by atoms with Gasteiger partial charge in [-0.15, -0.1) is 0 Å². The zero-order chi connectivity index (χ0) is 21.1. The molecule has 16 nitrogen and oxygen atoms in total. The van der Waals surface area contributed by atoms with Gasteiger partial charge in [0.2, 0.25) is 10.4 Å². The fourth-order valence-electron chi connectivity index (χ4n) is 0.540.